The van der Waals surface area contributed by atoms with Crippen LogP contribution in [0.1, 0.15) is 32.3 Å². The Kier molecular flexibility index (Phi) is 8.14. The lowest BCUT2D eigenvalue weighted by Crippen LogP contribution is -2.44. The van der Waals surface area contributed by atoms with Crippen LogP contribution in [0.15, 0.2) is 30.3 Å². The molecule has 22 heavy (non-hydrogen) atoms. The number of ether oxygens (including phenoxy) is 2. The molecule has 0 aliphatic heterocycles. The molecule has 1 unspecified atom stereocenters. The van der Waals surface area contributed by atoms with E-state index in [4.69, 9.17) is 21.7 Å². The van der Waals surface area contributed by atoms with Crippen LogP contribution in [0, 0.1) is 0 Å². The minimum Gasteiger partial charge on any atom is -0.462 e. The van der Waals surface area contributed by atoms with Gasteiger partial charge in [-0.15, -0.1) is 0 Å². The largest absolute Gasteiger partial charge is 0.462 e. The fraction of sp³-hybridized carbons (Fsp3) is 0.438. The molecule has 0 aliphatic rings. The number of hydrogen-bond donors (Lipinski definition) is 1. The van der Waals surface area contributed by atoms with Gasteiger partial charge in [-0.25, -0.2) is 4.79 Å². The second-order valence-corrected chi connectivity index (χ2v) is 5.23. The third kappa shape index (κ3) is 7.17. The predicted molar refractivity (Wildman–Crippen MR) is 87.3 cm³/mol. The molecule has 120 valence electrons. The summed E-state index contributed by atoms with van der Waals surface area (Å²) in [5, 5.41) is 2.74. The van der Waals surface area contributed by atoms with Crippen LogP contribution in [0.3, 0.4) is 0 Å². The van der Waals surface area contributed by atoms with E-state index in [1.165, 1.54) is 6.92 Å². The van der Waals surface area contributed by atoms with E-state index < -0.39 is 18.2 Å². The number of benzene rings is 1. The summed E-state index contributed by atoms with van der Waals surface area (Å²) in [6, 6.07) is 9.57. The second-order valence-electron chi connectivity index (χ2n) is 4.74. The zero-order chi connectivity index (χ0) is 16.4. The molecule has 0 amide bonds. The molecule has 0 aliphatic carbocycles. The van der Waals surface area contributed by atoms with Crippen molar-refractivity contribution < 1.29 is 19.1 Å². The number of carbonyl (C=O) groups excluding carboxylic acids is 2. The van der Waals surface area contributed by atoms with Crippen LogP contribution in [0.5, 0.6) is 0 Å². The second kappa shape index (κ2) is 9.89. The zero-order valence-electron chi connectivity index (χ0n) is 12.8. The van der Waals surface area contributed by atoms with Crippen LogP contribution >= 0.6 is 12.2 Å². The molecule has 5 nitrogen and oxygen atoms in total. The number of unbranched alkanes of at least 4 members (excludes halogenated alkanes) is 1. The number of nitrogens with one attached hydrogen (secondary N) is 1. The summed E-state index contributed by atoms with van der Waals surface area (Å²) in [4.78, 5) is 23.4. The van der Waals surface area contributed by atoms with Crippen LogP contribution in [-0.2, 0) is 25.5 Å². The van der Waals surface area contributed by atoms with E-state index in [2.05, 4.69) is 5.32 Å². The first-order valence-electron chi connectivity index (χ1n) is 7.20. The Morgan fingerprint density at radius 1 is 1.27 bits per heavy atom. The van der Waals surface area contributed by atoms with Crippen molar-refractivity contribution in [3.8, 4) is 0 Å². The van der Waals surface area contributed by atoms with Gasteiger partial charge in [-0.2, -0.15) is 0 Å². The number of rotatable bonds is 8. The molecule has 0 heterocycles. The molecule has 6 heteroatoms. The molecule has 0 bridgehead atoms. The molecule has 1 aromatic carbocycles. The highest BCUT2D eigenvalue weighted by molar-refractivity contribution is 7.80. The zero-order valence-corrected chi connectivity index (χ0v) is 13.7. The molecule has 0 radical (unpaired) electrons. The van der Waals surface area contributed by atoms with Crippen molar-refractivity contribution in [3.05, 3.63) is 35.9 Å². The van der Waals surface area contributed by atoms with E-state index in [0.717, 1.165) is 18.4 Å². The van der Waals surface area contributed by atoms with E-state index in [1.807, 2.05) is 37.3 Å². The monoisotopic (exact) mass is 323 g/mol. The highest BCUT2D eigenvalue weighted by Crippen LogP contribution is 2.02. The summed E-state index contributed by atoms with van der Waals surface area (Å²) in [6.45, 7) is 3.51. The number of esters is 2. The molecule has 1 rings (SSSR count). The van der Waals surface area contributed by atoms with Gasteiger partial charge in [0.05, 0.1) is 11.6 Å². The van der Waals surface area contributed by atoms with Crippen LogP contribution in [0.4, 0.5) is 0 Å². The molecular weight excluding hydrogens is 302 g/mol. The third-order valence-corrected chi connectivity index (χ3v) is 3.00. The standard InChI is InChI=1S/C16H21NO4S/c1-3-4-10-20-16(19)15(21-12(2)18)17-14(22)11-13-8-6-5-7-9-13/h5-9,15H,3-4,10-11H2,1-2H3,(H,17,22). The average Bonchev–Trinajstić information content (AvgIpc) is 2.47. The SMILES string of the molecule is CCCCOC(=O)C(NC(=S)Cc1ccccc1)OC(C)=O. The Morgan fingerprint density at radius 3 is 2.55 bits per heavy atom. The van der Waals surface area contributed by atoms with Crippen molar-refractivity contribution in [2.24, 2.45) is 0 Å². The Morgan fingerprint density at radius 2 is 1.95 bits per heavy atom. The summed E-state index contributed by atoms with van der Waals surface area (Å²) < 4.78 is 10.00. The quantitative estimate of drug-likeness (QED) is 0.343. The number of thiocarbonyl (C=S) groups is 1. The van der Waals surface area contributed by atoms with Crippen LogP contribution in [0.2, 0.25) is 0 Å². The average molecular weight is 323 g/mol. The highest BCUT2D eigenvalue weighted by atomic mass is 32.1. The summed E-state index contributed by atoms with van der Waals surface area (Å²) in [5.41, 5.74) is 1.00. The molecule has 1 N–H and O–H groups in total. The Balaban J connectivity index is 2.57. The molecule has 1 aromatic rings. The summed E-state index contributed by atoms with van der Waals surface area (Å²) in [6.07, 6.45) is 0.916. The van der Waals surface area contributed by atoms with Crippen LogP contribution in [0.25, 0.3) is 0 Å². The minimum atomic E-state index is -1.20. The van der Waals surface area contributed by atoms with Crippen molar-refractivity contribution in [1.29, 1.82) is 0 Å². The maximum Gasteiger partial charge on any atom is 0.369 e. The van der Waals surface area contributed by atoms with Gasteiger partial charge in [0.1, 0.15) is 0 Å². The summed E-state index contributed by atoms with van der Waals surface area (Å²) in [5.74, 6) is -1.22. The summed E-state index contributed by atoms with van der Waals surface area (Å²) >= 11 is 5.21. The smallest absolute Gasteiger partial charge is 0.369 e. The van der Waals surface area contributed by atoms with E-state index in [1.54, 1.807) is 0 Å². The fourth-order valence-corrected chi connectivity index (χ4v) is 1.95. The predicted octanol–water partition coefficient (Wildman–Crippen LogP) is 2.38. The van der Waals surface area contributed by atoms with E-state index in [9.17, 15) is 9.59 Å². The maximum atomic E-state index is 11.9. The normalized spacial score (nSPS) is 11.4. The molecule has 0 saturated heterocycles. The Hall–Kier alpha value is -1.95. The lowest BCUT2D eigenvalue weighted by atomic mass is 10.1. The van der Waals surface area contributed by atoms with E-state index >= 15 is 0 Å². The fourth-order valence-electron chi connectivity index (χ4n) is 1.67. The van der Waals surface area contributed by atoms with Gasteiger partial charge in [-0.1, -0.05) is 55.9 Å². The highest BCUT2D eigenvalue weighted by Gasteiger charge is 2.24. The van der Waals surface area contributed by atoms with Crippen molar-refractivity contribution in [2.75, 3.05) is 6.61 Å². The Labute approximate surface area is 136 Å². The van der Waals surface area contributed by atoms with Gasteiger partial charge in [-0.3, -0.25) is 4.79 Å². The van der Waals surface area contributed by atoms with Crippen molar-refractivity contribution >= 4 is 29.1 Å². The summed E-state index contributed by atoms with van der Waals surface area (Å²) in [7, 11) is 0. The van der Waals surface area contributed by atoms with Gasteiger partial charge < -0.3 is 14.8 Å². The van der Waals surface area contributed by atoms with Crippen molar-refractivity contribution in [3.63, 3.8) is 0 Å². The third-order valence-electron chi connectivity index (χ3n) is 2.74. The maximum absolute atomic E-state index is 11.9. The Bertz CT molecular complexity index is 504. The van der Waals surface area contributed by atoms with Gasteiger partial charge in [0, 0.05) is 13.3 Å². The molecule has 0 saturated carbocycles. The van der Waals surface area contributed by atoms with Crippen LogP contribution < -0.4 is 5.32 Å². The van der Waals surface area contributed by atoms with Gasteiger partial charge in [0.25, 0.3) is 6.23 Å². The lowest BCUT2D eigenvalue weighted by molar-refractivity contribution is -0.167. The first-order valence-corrected chi connectivity index (χ1v) is 7.61. The molecule has 0 aromatic heterocycles. The van der Waals surface area contributed by atoms with E-state index in [0.29, 0.717) is 18.0 Å². The minimum absolute atomic E-state index is 0.292. The van der Waals surface area contributed by atoms with Gasteiger partial charge in [-0.05, 0) is 12.0 Å². The van der Waals surface area contributed by atoms with E-state index in [-0.39, 0.29) is 0 Å². The first-order chi connectivity index (χ1) is 10.5. The van der Waals surface area contributed by atoms with Gasteiger partial charge in [0.2, 0.25) is 0 Å². The lowest BCUT2D eigenvalue weighted by Gasteiger charge is -2.18. The van der Waals surface area contributed by atoms with Gasteiger partial charge >= 0.3 is 11.9 Å². The first kappa shape index (κ1) is 18.1. The van der Waals surface area contributed by atoms with Crippen molar-refractivity contribution in [2.45, 2.75) is 39.3 Å². The number of hydrogen-bond acceptors (Lipinski definition) is 5. The molecular formula is C16H21NO4S. The molecule has 0 fully saturated rings. The number of carbonyl (C=O) groups is 2. The van der Waals surface area contributed by atoms with Gasteiger partial charge in [0.15, 0.2) is 0 Å². The van der Waals surface area contributed by atoms with Crippen molar-refractivity contribution in [1.82, 2.24) is 5.32 Å². The molecule has 0 spiro atoms. The topological polar surface area (TPSA) is 64.6 Å². The molecule has 1 atom stereocenters. The van der Waals surface area contributed by atoms with Crippen LogP contribution in [-0.4, -0.2) is 29.8 Å².